The predicted molar refractivity (Wildman–Crippen MR) is 133 cm³/mol. The van der Waals surface area contributed by atoms with Crippen molar-refractivity contribution in [3.05, 3.63) is 94.2 Å². The van der Waals surface area contributed by atoms with Gasteiger partial charge in [0.15, 0.2) is 0 Å². The second kappa shape index (κ2) is 10.6. The Labute approximate surface area is 198 Å². The monoisotopic (exact) mass is 466 g/mol. The molecule has 0 radical (unpaired) electrons. The van der Waals surface area contributed by atoms with Crippen LogP contribution in [-0.2, 0) is 0 Å². The van der Waals surface area contributed by atoms with Crippen LogP contribution >= 0.6 is 23.2 Å². The van der Waals surface area contributed by atoms with E-state index in [2.05, 4.69) is 32.3 Å². The van der Waals surface area contributed by atoms with Crippen LogP contribution in [0.15, 0.2) is 72.9 Å². The van der Waals surface area contributed by atoms with Crippen molar-refractivity contribution in [1.29, 1.82) is 0 Å². The fourth-order valence-corrected chi connectivity index (χ4v) is 3.98. The second-order valence-corrected chi connectivity index (χ2v) is 8.40. The van der Waals surface area contributed by atoms with Crippen molar-refractivity contribution in [2.45, 2.75) is 0 Å². The largest absolute Gasteiger partial charge is 0.367 e. The van der Waals surface area contributed by atoms with Gasteiger partial charge in [-0.1, -0.05) is 59.6 Å². The number of carbonyl (C=O) groups is 1. The number of carbonyl (C=O) groups excluding carboxylic acids is 1. The van der Waals surface area contributed by atoms with Crippen LogP contribution in [0.5, 0.6) is 0 Å². The van der Waals surface area contributed by atoms with Crippen LogP contribution in [0, 0.1) is 0 Å². The molecular weight excluding hydrogens is 443 g/mol. The molecule has 1 N–H and O–H groups in total. The molecule has 0 saturated carbocycles. The minimum Gasteiger partial charge on any atom is -0.367 e. The highest BCUT2D eigenvalue weighted by Gasteiger charge is 2.19. The van der Waals surface area contributed by atoms with Crippen LogP contribution in [-0.4, -0.2) is 48.5 Å². The Balaban J connectivity index is 1.34. The molecule has 1 aliphatic heterocycles. The van der Waals surface area contributed by atoms with E-state index in [1.165, 1.54) is 6.20 Å². The fourth-order valence-electron chi connectivity index (χ4n) is 3.68. The van der Waals surface area contributed by atoms with Gasteiger partial charge in [0.05, 0.1) is 11.4 Å². The summed E-state index contributed by atoms with van der Waals surface area (Å²) in [5.74, 6) is -0.201. The van der Waals surface area contributed by atoms with Crippen molar-refractivity contribution in [3.8, 4) is 0 Å². The van der Waals surface area contributed by atoms with Crippen LogP contribution in [0.3, 0.4) is 0 Å². The van der Waals surface area contributed by atoms with E-state index in [1.54, 1.807) is 12.1 Å². The number of nitrogens with one attached hydrogen (secondary N) is 1. The number of hydrogen-bond acceptors (Lipinski definition) is 4. The summed E-state index contributed by atoms with van der Waals surface area (Å²) in [6.45, 7) is 4.59. The number of piperazine rings is 1. The van der Waals surface area contributed by atoms with E-state index in [-0.39, 0.29) is 5.91 Å². The van der Waals surface area contributed by atoms with E-state index in [0.717, 1.165) is 54.7 Å². The van der Waals surface area contributed by atoms with E-state index in [0.29, 0.717) is 10.7 Å². The lowest BCUT2D eigenvalue weighted by Gasteiger charge is -2.36. The molecule has 7 heteroatoms. The van der Waals surface area contributed by atoms with E-state index in [4.69, 9.17) is 23.2 Å². The lowest BCUT2D eigenvalue weighted by Crippen LogP contribution is -2.46. The number of halogens is 2. The molecule has 0 bridgehead atoms. The molecule has 2 aromatic carbocycles. The highest BCUT2D eigenvalue weighted by molar-refractivity contribution is 6.30. The molecular formula is C25H24Cl2N4O. The first-order valence-electron chi connectivity index (χ1n) is 10.5. The average molecular weight is 467 g/mol. The zero-order valence-corrected chi connectivity index (χ0v) is 19.1. The van der Waals surface area contributed by atoms with E-state index in [1.807, 2.05) is 48.5 Å². The van der Waals surface area contributed by atoms with Crippen molar-refractivity contribution >= 4 is 46.6 Å². The summed E-state index contributed by atoms with van der Waals surface area (Å²) in [5.41, 5.74) is 3.45. The number of pyridine rings is 1. The van der Waals surface area contributed by atoms with Gasteiger partial charge in [0.25, 0.3) is 5.91 Å². The standard InChI is InChI=1S/C25H24Cl2N4O/c26-21-9-7-19(8-10-21)4-3-13-30-14-16-31(17-15-30)23-6-2-1-5-22(23)29-25(32)20-11-12-28-24(27)18-20/h1-12,18H,13-17H2,(H,29,32)/b4-3+. The Morgan fingerprint density at radius 1 is 1.00 bits per heavy atom. The fraction of sp³-hybridized carbons (Fsp3) is 0.200. The molecule has 1 fully saturated rings. The Kier molecular flexibility index (Phi) is 7.43. The smallest absolute Gasteiger partial charge is 0.255 e. The van der Waals surface area contributed by atoms with Gasteiger partial charge in [0.1, 0.15) is 5.15 Å². The molecule has 0 atom stereocenters. The van der Waals surface area contributed by atoms with Gasteiger partial charge in [-0.05, 0) is 42.0 Å². The van der Waals surface area contributed by atoms with Gasteiger partial charge >= 0.3 is 0 Å². The van der Waals surface area contributed by atoms with Gasteiger partial charge in [-0.15, -0.1) is 0 Å². The van der Waals surface area contributed by atoms with Gasteiger partial charge in [0.2, 0.25) is 0 Å². The molecule has 3 aromatic rings. The average Bonchev–Trinajstić information content (AvgIpc) is 2.81. The molecule has 0 unspecified atom stereocenters. The number of amides is 1. The lowest BCUT2D eigenvalue weighted by atomic mass is 10.2. The van der Waals surface area contributed by atoms with Gasteiger partial charge in [-0.2, -0.15) is 0 Å². The topological polar surface area (TPSA) is 48.5 Å². The van der Waals surface area contributed by atoms with E-state index >= 15 is 0 Å². The molecule has 0 spiro atoms. The minimum atomic E-state index is -0.201. The zero-order chi connectivity index (χ0) is 22.3. The molecule has 164 valence electrons. The molecule has 4 rings (SSSR count). The highest BCUT2D eigenvalue weighted by atomic mass is 35.5. The van der Waals surface area contributed by atoms with Crippen LogP contribution in [0.2, 0.25) is 10.2 Å². The van der Waals surface area contributed by atoms with Gasteiger partial charge < -0.3 is 10.2 Å². The third-order valence-electron chi connectivity index (χ3n) is 5.40. The first-order valence-corrected chi connectivity index (χ1v) is 11.3. The predicted octanol–water partition coefficient (Wildman–Crippen LogP) is 5.48. The number of nitrogens with zero attached hydrogens (tertiary/aromatic N) is 3. The third-order valence-corrected chi connectivity index (χ3v) is 5.86. The second-order valence-electron chi connectivity index (χ2n) is 7.58. The first-order chi connectivity index (χ1) is 15.6. The third kappa shape index (κ3) is 5.88. The van der Waals surface area contributed by atoms with Crippen molar-refractivity contribution < 1.29 is 4.79 Å². The van der Waals surface area contributed by atoms with Crippen molar-refractivity contribution in [1.82, 2.24) is 9.88 Å². The van der Waals surface area contributed by atoms with Crippen molar-refractivity contribution in [3.63, 3.8) is 0 Å². The molecule has 0 aliphatic carbocycles. The number of rotatable bonds is 6. The summed E-state index contributed by atoms with van der Waals surface area (Å²) >= 11 is 11.9. The highest BCUT2D eigenvalue weighted by Crippen LogP contribution is 2.27. The normalized spacial score (nSPS) is 14.6. The van der Waals surface area contributed by atoms with Crippen LogP contribution in [0.25, 0.3) is 6.08 Å². The Morgan fingerprint density at radius 2 is 1.75 bits per heavy atom. The Hall–Kier alpha value is -2.86. The summed E-state index contributed by atoms with van der Waals surface area (Å²) in [4.78, 5) is 21.3. The van der Waals surface area contributed by atoms with E-state index in [9.17, 15) is 4.79 Å². The number of anilines is 2. The molecule has 2 heterocycles. The van der Waals surface area contributed by atoms with Gasteiger partial charge in [-0.25, -0.2) is 4.98 Å². The summed E-state index contributed by atoms with van der Waals surface area (Å²) in [6.07, 6.45) is 5.84. The maximum absolute atomic E-state index is 12.7. The number of benzene rings is 2. The minimum absolute atomic E-state index is 0.201. The molecule has 1 saturated heterocycles. The van der Waals surface area contributed by atoms with Gasteiger partial charge in [-0.3, -0.25) is 9.69 Å². The Morgan fingerprint density at radius 3 is 2.50 bits per heavy atom. The van der Waals surface area contributed by atoms with Crippen LogP contribution in [0.4, 0.5) is 11.4 Å². The SMILES string of the molecule is O=C(Nc1ccccc1N1CCN(C/C=C/c2ccc(Cl)cc2)CC1)c1ccnc(Cl)c1. The van der Waals surface area contributed by atoms with Crippen molar-refractivity contribution in [2.24, 2.45) is 0 Å². The zero-order valence-electron chi connectivity index (χ0n) is 17.5. The summed E-state index contributed by atoms with van der Waals surface area (Å²) < 4.78 is 0. The number of para-hydroxylation sites is 2. The Bertz CT molecular complexity index is 1090. The summed E-state index contributed by atoms with van der Waals surface area (Å²) in [7, 11) is 0. The molecule has 1 aliphatic rings. The molecule has 1 amide bonds. The van der Waals surface area contributed by atoms with Crippen LogP contribution in [0.1, 0.15) is 15.9 Å². The lowest BCUT2D eigenvalue weighted by molar-refractivity contribution is 0.102. The quantitative estimate of drug-likeness (QED) is 0.488. The molecule has 5 nitrogen and oxygen atoms in total. The number of aromatic nitrogens is 1. The first kappa shape index (κ1) is 22.3. The molecule has 32 heavy (non-hydrogen) atoms. The van der Waals surface area contributed by atoms with Crippen molar-refractivity contribution in [2.75, 3.05) is 42.9 Å². The summed E-state index contributed by atoms with van der Waals surface area (Å²) in [5, 5.41) is 4.07. The van der Waals surface area contributed by atoms with E-state index < -0.39 is 0 Å². The number of hydrogen-bond donors (Lipinski definition) is 1. The maximum atomic E-state index is 12.7. The summed E-state index contributed by atoms with van der Waals surface area (Å²) in [6, 6.07) is 19.0. The van der Waals surface area contributed by atoms with Gasteiger partial charge in [0, 0.05) is 49.5 Å². The van der Waals surface area contributed by atoms with Crippen LogP contribution < -0.4 is 10.2 Å². The molecule has 1 aromatic heterocycles. The maximum Gasteiger partial charge on any atom is 0.255 e.